The van der Waals surface area contributed by atoms with E-state index in [9.17, 15) is 4.79 Å². The summed E-state index contributed by atoms with van der Waals surface area (Å²) in [6.45, 7) is 7.90. The second-order valence-corrected chi connectivity index (χ2v) is 7.97. The van der Waals surface area contributed by atoms with Crippen LogP contribution in [0.15, 0.2) is 24.3 Å². The molecule has 0 radical (unpaired) electrons. The zero-order valence-corrected chi connectivity index (χ0v) is 14.2. The lowest BCUT2D eigenvalue weighted by atomic mass is 9.95. The molecule has 0 atom stereocenters. The molecule has 22 heavy (non-hydrogen) atoms. The first-order valence-corrected chi connectivity index (χ1v) is 8.66. The molecule has 1 aromatic heterocycles. The number of nitrogens with zero attached hydrogens (tertiary/aromatic N) is 2. The Bertz CT molecular complexity index is 633. The summed E-state index contributed by atoms with van der Waals surface area (Å²) in [6.07, 6.45) is 1.80. The van der Waals surface area contributed by atoms with Crippen molar-refractivity contribution in [2.24, 2.45) is 5.92 Å². The number of hydrogen-bond donors (Lipinski definition) is 1. The number of rotatable bonds is 2. The minimum Gasteiger partial charge on any atom is -0.351 e. The maximum absolute atomic E-state index is 12.3. The lowest BCUT2D eigenvalue weighted by molar-refractivity contribution is -0.127. The highest BCUT2D eigenvalue weighted by Crippen LogP contribution is 2.31. The van der Waals surface area contributed by atoms with Gasteiger partial charge in [-0.25, -0.2) is 4.98 Å². The molecule has 0 spiro atoms. The average Bonchev–Trinajstić information content (AvgIpc) is 2.89. The summed E-state index contributed by atoms with van der Waals surface area (Å²) in [6, 6.07) is 8.24. The fourth-order valence-corrected chi connectivity index (χ4v) is 3.82. The Morgan fingerprint density at radius 1 is 1.27 bits per heavy atom. The number of benzene rings is 1. The first-order valence-electron chi connectivity index (χ1n) is 7.85. The zero-order chi connectivity index (χ0) is 15.7. The van der Waals surface area contributed by atoms with Crippen molar-refractivity contribution in [2.75, 3.05) is 18.0 Å². The van der Waals surface area contributed by atoms with Gasteiger partial charge in [0.2, 0.25) is 5.91 Å². The first-order chi connectivity index (χ1) is 10.4. The van der Waals surface area contributed by atoms with Crippen molar-refractivity contribution < 1.29 is 4.79 Å². The Kier molecular flexibility index (Phi) is 4.08. The van der Waals surface area contributed by atoms with Crippen LogP contribution in [0.25, 0.3) is 10.2 Å². The predicted molar refractivity (Wildman–Crippen MR) is 92.5 cm³/mol. The van der Waals surface area contributed by atoms with Crippen molar-refractivity contribution in [3.8, 4) is 0 Å². The largest absolute Gasteiger partial charge is 0.351 e. The van der Waals surface area contributed by atoms with E-state index in [-0.39, 0.29) is 17.4 Å². The summed E-state index contributed by atoms with van der Waals surface area (Å²) in [5, 5.41) is 4.17. The van der Waals surface area contributed by atoms with E-state index in [0.717, 1.165) is 36.6 Å². The van der Waals surface area contributed by atoms with Crippen LogP contribution in [0.3, 0.4) is 0 Å². The third kappa shape index (κ3) is 3.40. The molecular weight excluding hydrogens is 294 g/mol. The minimum absolute atomic E-state index is 0.129. The maximum atomic E-state index is 12.3. The van der Waals surface area contributed by atoms with E-state index in [1.54, 1.807) is 11.3 Å². The number of nitrogens with one attached hydrogen (secondary N) is 1. The van der Waals surface area contributed by atoms with Crippen molar-refractivity contribution in [3.63, 3.8) is 0 Å². The molecular formula is C17H23N3OS. The Morgan fingerprint density at radius 2 is 1.95 bits per heavy atom. The second-order valence-electron chi connectivity index (χ2n) is 6.96. The summed E-state index contributed by atoms with van der Waals surface area (Å²) in [7, 11) is 0. The Morgan fingerprint density at radius 3 is 2.59 bits per heavy atom. The van der Waals surface area contributed by atoms with E-state index in [0.29, 0.717) is 0 Å². The van der Waals surface area contributed by atoms with Crippen LogP contribution in [-0.2, 0) is 4.79 Å². The van der Waals surface area contributed by atoms with Crippen LogP contribution >= 0.6 is 11.3 Å². The van der Waals surface area contributed by atoms with Gasteiger partial charge in [-0.1, -0.05) is 23.5 Å². The van der Waals surface area contributed by atoms with Crippen LogP contribution in [0, 0.1) is 5.92 Å². The summed E-state index contributed by atoms with van der Waals surface area (Å²) < 4.78 is 1.23. The van der Waals surface area contributed by atoms with Gasteiger partial charge in [0.05, 0.1) is 10.2 Å². The van der Waals surface area contributed by atoms with Gasteiger partial charge in [-0.2, -0.15) is 0 Å². The van der Waals surface area contributed by atoms with Gasteiger partial charge in [-0.05, 0) is 45.7 Å². The summed E-state index contributed by atoms with van der Waals surface area (Å²) >= 11 is 1.74. The first kappa shape index (κ1) is 15.3. The normalized spacial score (nSPS) is 17.0. The molecule has 2 aromatic rings. The Balaban J connectivity index is 1.63. The molecule has 0 bridgehead atoms. The van der Waals surface area contributed by atoms with Crippen LogP contribution in [0.4, 0.5) is 5.13 Å². The van der Waals surface area contributed by atoms with Crippen LogP contribution < -0.4 is 10.2 Å². The third-order valence-corrected chi connectivity index (χ3v) is 5.01. The van der Waals surface area contributed by atoms with Crippen molar-refractivity contribution in [1.29, 1.82) is 0 Å². The van der Waals surface area contributed by atoms with Crippen molar-refractivity contribution in [2.45, 2.75) is 39.2 Å². The number of anilines is 1. The standard InChI is InChI=1S/C17H23N3OS/c1-17(2,3)19-15(21)12-8-10-20(11-9-12)16-18-13-6-4-5-7-14(13)22-16/h4-7,12H,8-11H2,1-3H3,(H,19,21). The highest BCUT2D eigenvalue weighted by Gasteiger charge is 2.28. The van der Waals surface area contributed by atoms with Gasteiger partial charge < -0.3 is 10.2 Å². The number of carbonyl (C=O) groups excluding carboxylic acids is 1. The van der Waals surface area contributed by atoms with Gasteiger partial charge in [-0.3, -0.25) is 4.79 Å². The van der Waals surface area contributed by atoms with Crippen LogP contribution in [0.2, 0.25) is 0 Å². The molecule has 0 unspecified atom stereocenters. The van der Waals surface area contributed by atoms with E-state index < -0.39 is 0 Å². The van der Waals surface area contributed by atoms with Crippen LogP contribution in [-0.4, -0.2) is 29.5 Å². The molecule has 1 amide bonds. The topological polar surface area (TPSA) is 45.2 Å². The van der Waals surface area contributed by atoms with Gasteiger partial charge in [0.15, 0.2) is 5.13 Å². The monoisotopic (exact) mass is 317 g/mol. The Labute approximate surface area is 135 Å². The predicted octanol–water partition coefficient (Wildman–Crippen LogP) is 3.43. The van der Waals surface area contributed by atoms with Gasteiger partial charge in [0.1, 0.15) is 0 Å². The molecule has 5 heteroatoms. The van der Waals surface area contributed by atoms with E-state index in [1.165, 1.54) is 4.70 Å². The number of thiazole rings is 1. The third-order valence-electron chi connectivity index (χ3n) is 3.92. The van der Waals surface area contributed by atoms with Crippen molar-refractivity contribution in [1.82, 2.24) is 10.3 Å². The number of aromatic nitrogens is 1. The van der Waals surface area contributed by atoms with Gasteiger partial charge in [0, 0.05) is 24.5 Å². The summed E-state index contributed by atoms with van der Waals surface area (Å²) in [5.41, 5.74) is 0.913. The fourth-order valence-electron chi connectivity index (χ4n) is 2.80. The highest BCUT2D eigenvalue weighted by molar-refractivity contribution is 7.22. The number of fused-ring (bicyclic) bond motifs is 1. The van der Waals surface area contributed by atoms with E-state index in [4.69, 9.17) is 4.98 Å². The Hall–Kier alpha value is -1.62. The second kappa shape index (κ2) is 5.88. The lowest BCUT2D eigenvalue weighted by Crippen LogP contribution is -2.47. The van der Waals surface area contributed by atoms with E-state index in [1.807, 2.05) is 32.9 Å². The SMILES string of the molecule is CC(C)(C)NC(=O)C1CCN(c2nc3ccccc3s2)CC1. The van der Waals surface area contributed by atoms with Gasteiger partial charge in [0.25, 0.3) is 0 Å². The van der Waals surface area contributed by atoms with Crippen molar-refractivity contribution >= 4 is 32.6 Å². The number of piperidine rings is 1. The zero-order valence-electron chi connectivity index (χ0n) is 13.4. The van der Waals surface area contributed by atoms with Crippen LogP contribution in [0.1, 0.15) is 33.6 Å². The highest BCUT2D eigenvalue weighted by atomic mass is 32.1. The fraction of sp³-hybridized carbons (Fsp3) is 0.529. The number of amides is 1. The molecule has 1 aromatic carbocycles. The molecule has 1 aliphatic heterocycles. The molecule has 118 valence electrons. The van der Waals surface area contributed by atoms with Crippen molar-refractivity contribution in [3.05, 3.63) is 24.3 Å². The quantitative estimate of drug-likeness (QED) is 0.923. The summed E-state index contributed by atoms with van der Waals surface area (Å²) in [4.78, 5) is 19.3. The van der Waals surface area contributed by atoms with Crippen LogP contribution in [0.5, 0.6) is 0 Å². The molecule has 2 heterocycles. The number of hydrogen-bond acceptors (Lipinski definition) is 4. The van der Waals surface area contributed by atoms with E-state index in [2.05, 4.69) is 22.3 Å². The smallest absolute Gasteiger partial charge is 0.223 e. The molecule has 0 saturated carbocycles. The average molecular weight is 317 g/mol. The van der Waals surface area contributed by atoms with Gasteiger partial charge in [-0.15, -0.1) is 0 Å². The number of carbonyl (C=O) groups is 1. The summed E-state index contributed by atoms with van der Waals surface area (Å²) in [5.74, 6) is 0.321. The molecule has 0 aliphatic carbocycles. The molecule has 3 rings (SSSR count). The van der Waals surface area contributed by atoms with E-state index >= 15 is 0 Å². The molecule has 1 aliphatic rings. The molecule has 1 fully saturated rings. The molecule has 4 nitrogen and oxygen atoms in total. The van der Waals surface area contributed by atoms with Gasteiger partial charge >= 0.3 is 0 Å². The molecule has 1 N–H and O–H groups in total. The minimum atomic E-state index is -0.152. The lowest BCUT2D eigenvalue weighted by Gasteiger charge is -2.32. The number of para-hydroxylation sites is 1. The molecule has 1 saturated heterocycles. The maximum Gasteiger partial charge on any atom is 0.223 e.